The molecule has 7 atom stereocenters. The molecule has 2 aliphatic carbocycles. The molecule has 2 rings (SSSR count). The van der Waals surface area contributed by atoms with Crippen molar-refractivity contribution in [2.24, 2.45) is 29.1 Å². The van der Waals surface area contributed by atoms with Gasteiger partial charge < -0.3 is 20.6 Å². The SMILES string of the molecule is CCNC(=O)N[C@H]1CC[C@]2(C)CCC([C@H](C)C(=O)N(CC)CC)[C@H](O)[C@H]2[C@@H]1C. The highest BCUT2D eigenvalue weighted by Gasteiger charge is 2.54. The number of carbonyl (C=O) groups is 2. The summed E-state index contributed by atoms with van der Waals surface area (Å²) in [7, 11) is 0. The van der Waals surface area contributed by atoms with Crippen molar-refractivity contribution in [3.63, 3.8) is 0 Å². The number of hydrogen-bond acceptors (Lipinski definition) is 3. The van der Waals surface area contributed by atoms with Gasteiger partial charge in [0.1, 0.15) is 0 Å². The van der Waals surface area contributed by atoms with Crippen molar-refractivity contribution in [2.45, 2.75) is 79.4 Å². The highest BCUT2D eigenvalue weighted by Crippen LogP contribution is 2.55. The third-order valence-corrected chi connectivity index (χ3v) is 7.65. The van der Waals surface area contributed by atoms with Crippen molar-refractivity contribution in [1.29, 1.82) is 0 Å². The molecule has 0 aromatic heterocycles. The lowest BCUT2D eigenvalue weighted by Gasteiger charge is -2.56. The number of aliphatic hydroxyl groups is 1. The second-order valence-corrected chi connectivity index (χ2v) is 9.18. The van der Waals surface area contributed by atoms with Crippen molar-refractivity contribution in [3.8, 4) is 0 Å². The van der Waals surface area contributed by atoms with Crippen LogP contribution in [0.2, 0.25) is 0 Å². The van der Waals surface area contributed by atoms with E-state index in [1.54, 1.807) is 0 Å². The maximum absolute atomic E-state index is 12.9. The van der Waals surface area contributed by atoms with Gasteiger partial charge in [0.25, 0.3) is 0 Å². The summed E-state index contributed by atoms with van der Waals surface area (Å²) in [6, 6.07) is -0.0679. The van der Waals surface area contributed by atoms with Crippen LogP contribution < -0.4 is 10.6 Å². The molecule has 0 radical (unpaired) electrons. The number of amides is 3. The van der Waals surface area contributed by atoms with Gasteiger partial charge in [0.15, 0.2) is 0 Å². The molecule has 2 fully saturated rings. The summed E-state index contributed by atoms with van der Waals surface area (Å²) in [5.41, 5.74) is 0.0761. The lowest BCUT2D eigenvalue weighted by atomic mass is 9.51. The quantitative estimate of drug-likeness (QED) is 0.647. The fourth-order valence-electron chi connectivity index (χ4n) is 5.88. The molecule has 0 spiro atoms. The Kier molecular flexibility index (Phi) is 7.77. The molecule has 6 nitrogen and oxygen atoms in total. The summed E-state index contributed by atoms with van der Waals surface area (Å²) in [6.45, 7) is 14.3. The second-order valence-electron chi connectivity index (χ2n) is 9.18. The molecule has 0 aromatic carbocycles. The van der Waals surface area contributed by atoms with Crippen molar-refractivity contribution < 1.29 is 14.7 Å². The second kappa shape index (κ2) is 9.47. The number of carbonyl (C=O) groups excluding carboxylic acids is 2. The van der Waals surface area contributed by atoms with Gasteiger partial charge in [0.2, 0.25) is 5.91 Å². The Labute approximate surface area is 170 Å². The summed E-state index contributed by atoms with van der Waals surface area (Å²) in [5, 5.41) is 17.3. The Hall–Kier alpha value is -1.30. The Morgan fingerprint density at radius 1 is 1.18 bits per heavy atom. The first-order valence-electron chi connectivity index (χ1n) is 11.2. The third-order valence-electron chi connectivity index (χ3n) is 7.65. The van der Waals surface area contributed by atoms with E-state index in [0.717, 1.165) is 25.7 Å². The molecule has 3 N–H and O–H groups in total. The molecule has 3 amide bonds. The Balaban J connectivity index is 2.16. The van der Waals surface area contributed by atoms with Gasteiger partial charge in [-0.25, -0.2) is 4.79 Å². The van der Waals surface area contributed by atoms with E-state index in [1.165, 1.54) is 0 Å². The first-order chi connectivity index (χ1) is 13.2. The molecule has 0 saturated heterocycles. The van der Waals surface area contributed by atoms with Crippen LogP contribution in [0.4, 0.5) is 4.79 Å². The topological polar surface area (TPSA) is 81.7 Å². The molecule has 1 unspecified atom stereocenters. The van der Waals surface area contributed by atoms with Gasteiger partial charge in [-0.1, -0.05) is 20.8 Å². The average molecular weight is 396 g/mol. The van der Waals surface area contributed by atoms with Crippen LogP contribution in [0.3, 0.4) is 0 Å². The van der Waals surface area contributed by atoms with Gasteiger partial charge in [0.05, 0.1) is 6.10 Å². The smallest absolute Gasteiger partial charge is 0.315 e. The zero-order valence-corrected chi connectivity index (χ0v) is 18.6. The van der Waals surface area contributed by atoms with Crippen LogP contribution in [0, 0.1) is 29.1 Å². The largest absolute Gasteiger partial charge is 0.392 e. The summed E-state index contributed by atoms with van der Waals surface area (Å²) in [4.78, 5) is 26.8. The molecule has 0 aromatic rings. The van der Waals surface area contributed by atoms with Crippen LogP contribution in [-0.4, -0.2) is 53.7 Å². The maximum atomic E-state index is 12.9. The van der Waals surface area contributed by atoms with Crippen molar-refractivity contribution in [2.75, 3.05) is 19.6 Å². The summed E-state index contributed by atoms with van der Waals surface area (Å²) in [6.07, 6.45) is 3.36. The van der Waals surface area contributed by atoms with Gasteiger partial charge in [-0.2, -0.15) is 0 Å². The van der Waals surface area contributed by atoms with E-state index in [9.17, 15) is 14.7 Å². The number of urea groups is 1. The zero-order chi connectivity index (χ0) is 21.1. The van der Waals surface area contributed by atoms with Crippen LogP contribution in [0.5, 0.6) is 0 Å². The van der Waals surface area contributed by atoms with Crippen molar-refractivity contribution in [3.05, 3.63) is 0 Å². The van der Waals surface area contributed by atoms with E-state index in [4.69, 9.17) is 0 Å². The monoisotopic (exact) mass is 395 g/mol. The lowest BCUT2D eigenvalue weighted by molar-refractivity contribution is -0.149. The van der Waals surface area contributed by atoms with E-state index < -0.39 is 6.10 Å². The molecular formula is C22H41N3O3. The molecule has 2 aliphatic rings. The van der Waals surface area contributed by atoms with E-state index in [0.29, 0.717) is 19.6 Å². The van der Waals surface area contributed by atoms with Crippen molar-refractivity contribution >= 4 is 11.9 Å². The average Bonchev–Trinajstić information content (AvgIpc) is 2.65. The minimum absolute atomic E-state index is 0.0168. The summed E-state index contributed by atoms with van der Waals surface area (Å²) >= 11 is 0. The first-order valence-corrected chi connectivity index (χ1v) is 11.2. The van der Waals surface area contributed by atoms with E-state index in [-0.39, 0.29) is 47.1 Å². The van der Waals surface area contributed by atoms with Crippen LogP contribution in [0.1, 0.15) is 67.2 Å². The van der Waals surface area contributed by atoms with Crippen LogP contribution in [-0.2, 0) is 4.79 Å². The van der Waals surface area contributed by atoms with Gasteiger partial charge in [-0.05, 0) is 69.6 Å². The summed E-state index contributed by atoms with van der Waals surface area (Å²) in [5.74, 6) is 0.229. The number of aliphatic hydroxyl groups excluding tert-OH is 1. The number of nitrogens with zero attached hydrogens (tertiary/aromatic N) is 1. The number of nitrogens with one attached hydrogen (secondary N) is 2. The zero-order valence-electron chi connectivity index (χ0n) is 18.6. The van der Waals surface area contributed by atoms with E-state index >= 15 is 0 Å². The molecule has 2 saturated carbocycles. The minimum Gasteiger partial charge on any atom is -0.392 e. The number of hydrogen-bond donors (Lipinski definition) is 3. The van der Waals surface area contributed by atoms with Gasteiger partial charge in [-0.15, -0.1) is 0 Å². The summed E-state index contributed by atoms with van der Waals surface area (Å²) < 4.78 is 0. The normalized spacial score (nSPS) is 36.2. The molecule has 0 bridgehead atoms. The van der Waals surface area contributed by atoms with Crippen molar-refractivity contribution in [1.82, 2.24) is 15.5 Å². The lowest BCUT2D eigenvalue weighted by Crippen LogP contribution is -2.59. The standard InChI is InChI=1S/C22H41N3O3/c1-7-23-21(28)24-17-11-13-22(6)12-10-16(19(26)18(22)15(17)5)14(4)20(27)25(8-2)9-3/h14-19,26H,7-13H2,1-6H3,(H2,23,24,28)/t14-,15+,16?,17-,18+,19-,22-/m0/s1. The fraction of sp³-hybridized carbons (Fsp3) is 0.909. The molecule has 28 heavy (non-hydrogen) atoms. The van der Waals surface area contributed by atoms with Gasteiger partial charge >= 0.3 is 6.03 Å². The molecular weight excluding hydrogens is 354 g/mol. The predicted octanol–water partition coefficient (Wildman–Crippen LogP) is 3.00. The Morgan fingerprint density at radius 2 is 1.79 bits per heavy atom. The minimum atomic E-state index is -0.512. The van der Waals surface area contributed by atoms with Gasteiger partial charge in [0, 0.05) is 31.6 Å². The highest BCUT2D eigenvalue weighted by molar-refractivity contribution is 5.78. The number of rotatable bonds is 6. The van der Waals surface area contributed by atoms with Crippen LogP contribution in [0.25, 0.3) is 0 Å². The Morgan fingerprint density at radius 3 is 2.36 bits per heavy atom. The first kappa shape index (κ1) is 23.0. The molecule has 0 aliphatic heterocycles. The molecule has 6 heteroatoms. The van der Waals surface area contributed by atoms with Gasteiger partial charge in [-0.3, -0.25) is 4.79 Å². The number of fused-ring (bicyclic) bond motifs is 1. The highest BCUT2D eigenvalue weighted by atomic mass is 16.3. The maximum Gasteiger partial charge on any atom is 0.315 e. The van der Waals surface area contributed by atoms with E-state index in [2.05, 4.69) is 24.5 Å². The molecule has 162 valence electrons. The fourth-order valence-corrected chi connectivity index (χ4v) is 5.88. The predicted molar refractivity (Wildman–Crippen MR) is 112 cm³/mol. The third kappa shape index (κ3) is 4.47. The van der Waals surface area contributed by atoms with Crippen LogP contribution >= 0.6 is 0 Å². The Bertz CT molecular complexity index is 551. The van der Waals surface area contributed by atoms with E-state index in [1.807, 2.05) is 32.6 Å². The van der Waals surface area contributed by atoms with Crippen LogP contribution in [0.15, 0.2) is 0 Å². The molecule has 0 heterocycles.